The fourth-order valence-electron chi connectivity index (χ4n) is 4.87. The minimum atomic E-state index is -0.841. The molecule has 1 aliphatic rings. The highest BCUT2D eigenvalue weighted by molar-refractivity contribution is 5.93. The molecule has 0 saturated carbocycles. The van der Waals surface area contributed by atoms with E-state index in [4.69, 9.17) is 0 Å². The average Bonchev–Trinajstić information content (AvgIpc) is 3.38. The number of rotatable bonds is 12. The molecule has 0 spiro atoms. The Morgan fingerprint density at radius 2 is 1.77 bits per heavy atom. The van der Waals surface area contributed by atoms with E-state index < -0.39 is 23.6 Å². The quantitative estimate of drug-likeness (QED) is 0.311. The first-order valence-corrected chi connectivity index (χ1v) is 14.2. The van der Waals surface area contributed by atoms with Crippen molar-refractivity contribution in [3.05, 3.63) is 48.0 Å². The third kappa shape index (κ3) is 9.04. The van der Waals surface area contributed by atoms with Gasteiger partial charge in [-0.15, -0.1) is 0 Å². The molecule has 3 amide bonds. The van der Waals surface area contributed by atoms with Crippen molar-refractivity contribution in [1.29, 1.82) is 0 Å². The van der Waals surface area contributed by atoms with Crippen LogP contribution in [0.25, 0.3) is 10.8 Å². The lowest BCUT2D eigenvalue weighted by Gasteiger charge is -2.31. The molecule has 1 aliphatic heterocycles. The lowest BCUT2D eigenvalue weighted by Crippen LogP contribution is -2.55. The van der Waals surface area contributed by atoms with Crippen LogP contribution in [0.1, 0.15) is 59.4 Å². The lowest BCUT2D eigenvalue weighted by atomic mass is 9.94. The summed E-state index contributed by atoms with van der Waals surface area (Å²) in [4.78, 5) is 41.4. The highest BCUT2D eigenvalue weighted by atomic mass is 16.3. The molecule has 0 bridgehead atoms. The molecular weight excluding hydrogens is 492 g/mol. The summed E-state index contributed by atoms with van der Waals surface area (Å²) in [6, 6.07) is 12.6. The molecule has 1 saturated heterocycles. The molecule has 8 nitrogen and oxygen atoms in total. The Morgan fingerprint density at radius 1 is 1.05 bits per heavy atom. The second kappa shape index (κ2) is 13.9. The van der Waals surface area contributed by atoms with Crippen LogP contribution < -0.4 is 16.0 Å². The molecule has 3 atom stereocenters. The number of benzene rings is 2. The van der Waals surface area contributed by atoms with Gasteiger partial charge >= 0.3 is 0 Å². The predicted molar refractivity (Wildman–Crippen MR) is 155 cm³/mol. The van der Waals surface area contributed by atoms with Crippen molar-refractivity contribution < 1.29 is 19.5 Å². The number of aliphatic hydroxyl groups is 1. The van der Waals surface area contributed by atoms with Crippen LogP contribution in [-0.4, -0.2) is 72.1 Å². The molecular formula is C31H46N4O4. The van der Waals surface area contributed by atoms with E-state index >= 15 is 0 Å². The van der Waals surface area contributed by atoms with Crippen LogP contribution in [-0.2, 0) is 20.8 Å². The number of amides is 3. The van der Waals surface area contributed by atoms with E-state index in [0.29, 0.717) is 31.8 Å². The smallest absolute Gasteiger partial charge is 0.243 e. The third-order valence-electron chi connectivity index (χ3n) is 7.13. The van der Waals surface area contributed by atoms with Gasteiger partial charge in [0.2, 0.25) is 17.7 Å². The molecule has 3 unspecified atom stereocenters. The number of aliphatic hydroxyl groups excluding tert-OH is 1. The largest absolute Gasteiger partial charge is 0.390 e. The second-order valence-corrected chi connectivity index (χ2v) is 12.1. The molecule has 0 aliphatic carbocycles. The topological polar surface area (TPSA) is 111 Å². The Balaban J connectivity index is 1.70. The lowest BCUT2D eigenvalue weighted by molar-refractivity contribution is -0.145. The number of carbonyl (C=O) groups excluding carboxylic acids is 3. The van der Waals surface area contributed by atoms with Gasteiger partial charge < -0.3 is 26.0 Å². The maximum atomic E-state index is 13.4. The van der Waals surface area contributed by atoms with E-state index in [0.717, 1.165) is 35.7 Å². The zero-order valence-corrected chi connectivity index (χ0v) is 24.1. The maximum absolute atomic E-state index is 13.4. The first-order chi connectivity index (χ1) is 18.5. The zero-order chi connectivity index (χ0) is 28.6. The van der Waals surface area contributed by atoms with Crippen LogP contribution in [0.2, 0.25) is 0 Å². The van der Waals surface area contributed by atoms with Gasteiger partial charge in [0.1, 0.15) is 12.1 Å². The summed E-state index contributed by atoms with van der Waals surface area (Å²) in [5, 5.41) is 21.5. The summed E-state index contributed by atoms with van der Waals surface area (Å²) < 4.78 is 0. The molecule has 1 fully saturated rings. The first kappa shape index (κ1) is 30.6. The molecule has 8 heteroatoms. The van der Waals surface area contributed by atoms with Gasteiger partial charge in [-0.1, -0.05) is 77.1 Å². The number of nitrogens with zero attached hydrogens (tertiary/aromatic N) is 1. The summed E-state index contributed by atoms with van der Waals surface area (Å²) in [7, 11) is 0. The number of hydrogen-bond acceptors (Lipinski definition) is 5. The number of fused-ring (bicyclic) bond motifs is 1. The maximum Gasteiger partial charge on any atom is 0.243 e. The Bertz CT molecular complexity index is 1130. The Hall–Kier alpha value is -2.97. The summed E-state index contributed by atoms with van der Waals surface area (Å²) in [6.45, 7) is 11.6. The van der Waals surface area contributed by atoms with E-state index in [1.54, 1.807) is 4.90 Å². The minimum absolute atomic E-state index is 0.0660. The fourth-order valence-corrected chi connectivity index (χ4v) is 4.87. The highest BCUT2D eigenvalue weighted by Crippen LogP contribution is 2.26. The normalized spacial score (nSPS) is 17.3. The van der Waals surface area contributed by atoms with Crippen molar-refractivity contribution in [3.8, 4) is 0 Å². The van der Waals surface area contributed by atoms with E-state index in [1.165, 1.54) is 0 Å². The molecule has 2 aromatic carbocycles. The zero-order valence-electron chi connectivity index (χ0n) is 24.1. The summed E-state index contributed by atoms with van der Waals surface area (Å²) >= 11 is 0. The molecule has 0 aromatic heterocycles. The van der Waals surface area contributed by atoms with Gasteiger partial charge in [0, 0.05) is 31.5 Å². The molecule has 1 heterocycles. The van der Waals surface area contributed by atoms with Crippen LogP contribution in [0.5, 0.6) is 0 Å². The van der Waals surface area contributed by atoms with Gasteiger partial charge in [0.25, 0.3) is 0 Å². The standard InChI is InChI=1S/C31H46N4O4/c1-21(2)14-15-32-19-25(36)20-33-28(37)26(18-22-12-13-23-9-6-7-10-24(23)17-22)34-29(38)27-11-8-16-35(27)30(39)31(3,4)5/h6-7,9-10,12-13,17,21,25-27,32,36H,8,11,14-16,18-20H2,1-5H3,(H,33,37)(H,34,38). The van der Waals surface area contributed by atoms with Crippen molar-refractivity contribution in [3.63, 3.8) is 0 Å². The van der Waals surface area contributed by atoms with E-state index in [-0.39, 0.29) is 24.3 Å². The van der Waals surface area contributed by atoms with E-state index in [1.807, 2.05) is 63.2 Å². The number of likely N-dealkylation sites (tertiary alicyclic amines) is 1. The van der Waals surface area contributed by atoms with Crippen molar-refractivity contribution in [2.24, 2.45) is 11.3 Å². The highest BCUT2D eigenvalue weighted by Gasteiger charge is 2.39. The Labute approximate surface area is 232 Å². The summed E-state index contributed by atoms with van der Waals surface area (Å²) in [6.07, 6.45) is 1.88. The predicted octanol–water partition coefficient (Wildman–Crippen LogP) is 3.02. The minimum Gasteiger partial charge on any atom is -0.390 e. The van der Waals surface area contributed by atoms with Crippen LogP contribution in [0.3, 0.4) is 0 Å². The number of carbonyl (C=O) groups is 3. The van der Waals surface area contributed by atoms with Crippen molar-refractivity contribution in [2.75, 3.05) is 26.2 Å². The van der Waals surface area contributed by atoms with Crippen LogP contribution in [0.4, 0.5) is 0 Å². The van der Waals surface area contributed by atoms with Crippen molar-refractivity contribution in [1.82, 2.24) is 20.9 Å². The van der Waals surface area contributed by atoms with Gasteiger partial charge in [-0.2, -0.15) is 0 Å². The summed E-state index contributed by atoms with van der Waals surface area (Å²) in [5.74, 6) is -0.168. The van der Waals surface area contributed by atoms with E-state index in [2.05, 4.69) is 29.8 Å². The SMILES string of the molecule is CC(C)CCNCC(O)CNC(=O)C(Cc1ccc2ccccc2c1)NC(=O)C1CCCN1C(=O)C(C)(C)C. The van der Waals surface area contributed by atoms with Gasteiger partial charge in [-0.05, 0) is 48.1 Å². The molecule has 4 N–H and O–H groups in total. The number of hydrogen-bond donors (Lipinski definition) is 4. The Kier molecular flexibility index (Phi) is 10.9. The first-order valence-electron chi connectivity index (χ1n) is 14.2. The van der Waals surface area contributed by atoms with Gasteiger partial charge in [-0.25, -0.2) is 0 Å². The molecule has 2 aromatic rings. The van der Waals surface area contributed by atoms with E-state index in [9.17, 15) is 19.5 Å². The van der Waals surface area contributed by atoms with Gasteiger partial charge in [0.15, 0.2) is 0 Å². The van der Waals surface area contributed by atoms with Crippen LogP contribution >= 0.6 is 0 Å². The van der Waals surface area contributed by atoms with Crippen LogP contribution in [0.15, 0.2) is 42.5 Å². The van der Waals surface area contributed by atoms with Gasteiger partial charge in [0.05, 0.1) is 6.10 Å². The van der Waals surface area contributed by atoms with Gasteiger partial charge in [-0.3, -0.25) is 14.4 Å². The monoisotopic (exact) mass is 538 g/mol. The fraction of sp³-hybridized carbons (Fsp3) is 0.581. The molecule has 0 radical (unpaired) electrons. The van der Waals surface area contributed by atoms with Crippen molar-refractivity contribution >= 4 is 28.5 Å². The molecule has 39 heavy (non-hydrogen) atoms. The molecule has 3 rings (SSSR count). The molecule has 214 valence electrons. The Morgan fingerprint density at radius 3 is 2.46 bits per heavy atom. The third-order valence-corrected chi connectivity index (χ3v) is 7.13. The average molecular weight is 539 g/mol. The summed E-state index contributed by atoms with van der Waals surface area (Å²) in [5.41, 5.74) is 0.323. The number of nitrogens with one attached hydrogen (secondary N) is 3. The van der Waals surface area contributed by atoms with Crippen LogP contribution in [0, 0.1) is 11.3 Å². The second-order valence-electron chi connectivity index (χ2n) is 12.1. The van der Waals surface area contributed by atoms with Crippen molar-refractivity contribution in [2.45, 2.75) is 78.5 Å².